The molecule has 6 aromatic carbocycles. The van der Waals surface area contributed by atoms with Gasteiger partial charge >= 0.3 is 0 Å². The molecule has 202 valence electrons. The summed E-state index contributed by atoms with van der Waals surface area (Å²) in [6.07, 6.45) is 0. The van der Waals surface area contributed by atoms with Gasteiger partial charge in [0.15, 0.2) is 0 Å². The van der Waals surface area contributed by atoms with Crippen molar-refractivity contribution in [3.63, 3.8) is 0 Å². The molecule has 0 aliphatic carbocycles. The minimum Gasteiger partial charge on any atom is -0.309 e. The summed E-state index contributed by atoms with van der Waals surface area (Å²) in [6.45, 7) is 9.07. The second kappa shape index (κ2) is 9.22. The van der Waals surface area contributed by atoms with E-state index in [0.29, 0.717) is 0 Å². The van der Waals surface area contributed by atoms with Crippen molar-refractivity contribution in [3.05, 3.63) is 144 Å². The second-order valence-corrected chi connectivity index (χ2v) is 11.6. The van der Waals surface area contributed by atoms with E-state index >= 15 is 0 Å². The zero-order valence-electron chi connectivity index (χ0n) is 24.4. The Morgan fingerprint density at radius 1 is 0.381 bits per heavy atom. The molecule has 0 bridgehead atoms. The quantitative estimate of drug-likeness (QED) is 0.211. The molecule has 0 unspecified atom stereocenters. The van der Waals surface area contributed by atoms with Crippen LogP contribution in [-0.2, 0) is 0 Å². The Hall–Kier alpha value is -5.08. The number of nitrogens with zero attached hydrogens (tertiary/aromatic N) is 2. The van der Waals surface area contributed by atoms with E-state index in [-0.39, 0.29) is 0 Å². The summed E-state index contributed by atoms with van der Waals surface area (Å²) in [7, 11) is 0. The first-order valence-electron chi connectivity index (χ1n) is 14.7. The van der Waals surface area contributed by atoms with E-state index in [1.165, 1.54) is 88.4 Å². The lowest BCUT2D eigenvalue weighted by atomic mass is 9.90. The number of para-hydroxylation sites is 4. The van der Waals surface area contributed by atoms with Gasteiger partial charge in [0.2, 0.25) is 0 Å². The first-order chi connectivity index (χ1) is 20.5. The summed E-state index contributed by atoms with van der Waals surface area (Å²) < 4.78 is 4.86. The van der Waals surface area contributed by atoms with Crippen molar-refractivity contribution in [2.75, 3.05) is 0 Å². The number of hydrogen-bond acceptors (Lipinski definition) is 0. The zero-order valence-corrected chi connectivity index (χ0v) is 24.4. The van der Waals surface area contributed by atoms with Crippen LogP contribution in [-0.4, -0.2) is 9.13 Å². The lowest BCUT2D eigenvalue weighted by Gasteiger charge is -2.21. The normalized spacial score (nSPS) is 11.8. The van der Waals surface area contributed by atoms with Gasteiger partial charge in [-0.25, -0.2) is 0 Å². The van der Waals surface area contributed by atoms with Crippen LogP contribution in [0.3, 0.4) is 0 Å². The predicted octanol–water partition coefficient (Wildman–Crippen LogP) is 10.8. The van der Waals surface area contributed by atoms with Crippen LogP contribution in [0.2, 0.25) is 0 Å². The zero-order chi connectivity index (χ0) is 28.5. The topological polar surface area (TPSA) is 9.86 Å². The standard InChI is InChI=1S/C40H32N2/c1-25-23-29(41-36-17-9-5-13-31(36)32-14-6-10-18-37(32)41)21-22-30(25)35-24-26(2)40(28(4)27(35)3)42-38-19-11-7-15-33(38)34-16-8-12-20-39(34)42/h5-24H,1-4H3. The first-order valence-corrected chi connectivity index (χ1v) is 14.7. The van der Waals surface area contributed by atoms with E-state index in [0.717, 1.165) is 0 Å². The van der Waals surface area contributed by atoms with E-state index in [4.69, 9.17) is 0 Å². The SMILES string of the molecule is Cc1cc(-n2c3ccccc3c3ccccc32)ccc1-c1cc(C)c(-n2c3ccccc3c3ccccc32)c(C)c1C. The van der Waals surface area contributed by atoms with Crippen LogP contribution in [0.25, 0.3) is 66.1 Å². The Kier molecular flexibility index (Phi) is 5.42. The van der Waals surface area contributed by atoms with Gasteiger partial charge in [-0.05, 0) is 104 Å². The van der Waals surface area contributed by atoms with Crippen LogP contribution < -0.4 is 0 Å². The number of hydrogen-bond donors (Lipinski definition) is 0. The molecule has 0 aliphatic heterocycles. The Morgan fingerprint density at radius 3 is 1.31 bits per heavy atom. The average molecular weight is 541 g/mol. The van der Waals surface area contributed by atoms with Gasteiger partial charge < -0.3 is 9.13 Å². The Labute approximate surface area is 246 Å². The van der Waals surface area contributed by atoms with Crippen molar-refractivity contribution in [2.24, 2.45) is 0 Å². The van der Waals surface area contributed by atoms with Gasteiger partial charge in [0.1, 0.15) is 0 Å². The summed E-state index contributed by atoms with van der Waals surface area (Å²) in [5.41, 5.74) is 15.3. The lowest BCUT2D eigenvalue weighted by Crippen LogP contribution is -2.04. The maximum Gasteiger partial charge on any atom is 0.0541 e. The van der Waals surface area contributed by atoms with Crippen LogP contribution in [0.5, 0.6) is 0 Å². The van der Waals surface area contributed by atoms with Gasteiger partial charge in [0.25, 0.3) is 0 Å². The van der Waals surface area contributed by atoms with Crippen molar-refractivity contribution in [2.45, 2.75) is 27.7 Å². The van der Waals surface area contributed by atoms with Gasteiger partial charge in [-0.2, -0.15) is 0 Å². The molecule has 0 amide bonds. The third-order valence-electron chi connectivity index (χ3n) is 9.20. The number of rotatable bonds is 3. The number of aromatic nitrogens is 2. The first kappa shape index (κ1) is 24.7. The molecule has 42 heavy (non-hydrogen) atoms. The van der Waals surface area contributed by atoms with Gasteiger partial charge in [-0.15, -0.1) is 0 Å². The third-order valence-corrected chi connectivity index (χ3v) is 9.20. The molecular weight excluding hydrogens is 508 g/mol. The third kappa shape index (κ3) is 3.45. The highest BCUT2D eigenvalue weighted by Crippen LogP contribution is 2.39. The van der Waals surface area contributed by atoms with Gasteiger partial charge in [0, 0.05) is 27.2 Å². The fourth-order valence-corrected chi connectivity index (χ4v) is 7.15. The molecule has 8 rings (SSSR count). The van der Waals surface area contributed by atoms with Crippen molar-refractivity contribution in [1.29, 1.82) is 0 Å². The van der Waals surface area contributed by atoms with E-state index in [2.05, 4.69) is 158 Å². The smallest absolute Gasteiger partial charge is 0.0541 e. The van der Waals surface area contributed by atoms with E-state index in [1.54, 1.807) is 0 Å². The molecule has 2 heterocycles. The minimum absolute atomic E-state index is 1.20. The van der Waals surface area contributed by atoms with Gasteiger partial charge in [-0.3, -0.25) is 0 Å². The highest BCUT2D eigenvalue weighted by molar-refractivity contribution is 6.10. The Morgan fingerprint density at radius 2 is 0.833 bits per heavy atom. The maximum absolute atomic E-state index is 2.46. The van der Waals surface area contributed by atoms with Crippen LogP contribution in [0.15, 0.2) is 121 Å². The molecule has 0 N–H and O–H groups in total. The summed E-state index contributed by atoms with van der Waals surface area (Å²) >= 11 is 0. The monoisotopic (exact) mass is 540 g/mol. The summed E-state index contributed by atoms with van der Waals surface area (Å²) in [5, 5.41) is 5.17. The molecule has 0 fully saturated rings. The van der Waals surface area contributed by atoms with Crippen molar-refractivity contribution in [3.8, 4) is 22.5 Å². The molecule has 0 saturated carbocycles. The van der Waals surface area contributed by atoms with Crippen LogP contribution in [0, 0.1) is 27.7 Å². The van der Waals surface area contributed by atoms with Crippen LogP contribution in [0.4, 0.5) is 0 Å². The number of benzene rings is 6. The molecule has 0 spiro atoms. The molecule has 2 nitrogen and oxygen atoms in total. The minimum atomic E-state index is 1.20. The van der Waals surface area contributed by atoms with E-state index in [9.17, 15) is 0 Å². The predicted molar refractivity (Wildman–Crippen MR) is 180 cm³/mol. The number of aryl methyl sites for hydroxylation is 2. The molecule has 0 saturated heterocycles. The highest BCUT2D eigenvalue weighted by atomic mass is 15.0. The fraction of sp³-hybridized carbons (Fsp3) is 0.100. The average Bonchev–Trinajstić information content (AvgIpc) is 3.53. The largest absolute Gasteiger partial charge is 0.309 e. The Balaban J connectivity index is 1.30. The molecule has 2 aromatic heterocycles. The summed E-state index contributed by atoms with van der Waals surface area (Å²) in [6, 6.07) is 44.3. The molecule has 0 radical (unpaired) electrons. The van der Waals surface area contributed by atoms with Crippen LogP contribution in [0.1, 0.15) is 22.3 Å². The summed E-state index contributed by atoms with van der Waals surface area (Å²) in [4.78, 5) is 0. The summed E-state index contributed by atoms with van der Waals surface area (Å²) in [5.74, 6) is 0. The van der Waals surface area contributed by atoms with Crippen molar-refractivity contribution < 1.29 is 0 Å². The van der Waals surface area contributed by atoms with E-state index in [1.807, 2.05) is 0 Å². The van der Waals surface area contributed by atoms with Gasteiger partial charge in [0.05, 0.1) is 27.8 Å². The van der Waals surface area contributed by atoms with Crippen molar-refractivity contribution in [1.82, 2.24) is 9.13 Å². The molecule has 2 heteroatoms. The molecule has 0 aliphatic rings. The fourth-order valence-electron chi connectivity index (χ4n) is 7.15. The van der Waals surface area contributed by atoms with Crippen molar-refractivity contribution >= 4 is 43.6 Å². The van der Waals surface area contributed by atoms with Gasteiger partial charge in [-0.1, -0.05) is 78.9 Å². The lowest BCUT2D eigenvalue weighted by molar-refractivity contribution is 1.10. The molecule has 8 aromatic rings. The van der Waals surface area contributed by atoms with E-state index < -0.39 is 0 Å². The Bertz CT molecular complexity index is 2240. The highest BCUT2D eigenvalue weighted by Gasteiger charge is 2.19. The molecular formula is C40H32N2. The number of fused-ring (bicyclic) bond motifs is 6. The molecule has 0 atom stereocenters. The maximum atomic E-state index is 2.46. The van der Waals surface area contributed by atoms with Crippen LogP contribution >= 0.6 is 0 Å². The second-order valence-electron chi connectivity index (χ2n) is 11.6.